The van der Waals surface area contributed by atoms with Crippen LogP contribution in [0, 0.1) is 0 Å². The molecule has 1 fully saturated rings. The van der Waals surface area contributed by atoms with E-state index in [-0.39, 0.29) is 6.61 Å². The van der Waals surface area contributed by atoms with Crippen molar-refractivity contribution in [3.8, 4) is 0 Å². The lowest BCUT2D eigenvalue weighted by Gasteiger charge is -2.39. The first-order valence-corrected chi connectivity index (χ1v) is 8.23. The molecule has 1 aromatic carbocycles. The van der Waals surface area contributed by atoms with Gasteiger partial charge in [-0.15, -0.1) is 0 Å². The van der Waals surface area contributed by atoms with Crippen LogP contribution < -0.4 is 0 Å². The molecule has 1 aromatic heterocycles. The molecule has 0 aliphatic carbocycles. The quantitative estimate of drug-likeness (QED) is 0.845. The summed E-state index contributed by atoms with van der Waals surface area (Å²) >= 11 is 5.98. The molecule has 1 aliphatic heterocycles. The average molecular weight is 333 g/mol. The standard InChI is InChI=1S/C18H21ClN2O2/c19-17-10-16(15(13-22)11-20-17)18(23)6-8-21(9-7-18)12-14-4-2-1-3-5-14/h1-5,10-11,22-23H,6-9,12-13H2. The van der Waals surface area contributed by atoms with E-state index in [0.29, 0.717) is 29.1 Å². The number of aliphatic hydroxyl groups excluding tert-OH is 1. The normalized spacial score (nSPS) is 18.0. The Bertz CT molecular complexity index is 655. The molecule has 0 spiro atoms. The Kier molecular flexibility index (Phi) is 4.97. The van der Waals surface area contributed by atoms with Crippen LogP contribution in [0.4, 0.5) is 0 Å². The number of aliphatic hydroxyl groups is 2. The Labute approximate surface area is 141 Å². The van der Waals surface area contributed by atoms with Gasteiger partial charge in [0.05, 0.1) is 12.2 Å². The molecule has 2 N–H and O–H groups in total. The fourth-order valence-electron chi connectivity index (χ4n) is 3.21. The van der Waals surface area contributed by atoms with Crippen molar-refractivity contribution >= 4 is 11.6 Å². The summed E-state index contributed by atoms with van der Waals surface area (Å²) in [5, 5.41) is 20.9. The van der Waals surface area contributed by atoms with Crippen molar-refractivity contribution in [2.24, 2.45) is 0 Å². The molecule has 0 atom stereocenters. The average Bonchev–Trinajstić information content (AvgIpc) is 2.58. The summed E-state index contributed by atoms with van der Waals surface area (Å²) in [4.78, 5) is 6.33. The van der Waals surface area contributed by atoms with Crippen molar-refractivity contribution in [2.75, 3.05) is 13.1 Å². The van der Waals surface area contributed by atoms with Gasteiger partial charge in [-0.2, -0.15) is 0 Å². The second-order valence-corrected chi connectivity index (χ2v) is 6.50. The van der Waals surface area contributed by atoms with E-state index in [2.05, 4.69) is 22.0 Å². The van der Waals surface area contributed by atoms with Crippen molar-refractivity contribution in [3.63, 3.8) is 0 Å². The van der Waals surface area contributed by atoms with Crippen LogP contribution in [-0.2, 0) is 18.8 Å². The summed E-state index contributed by atoms with van der Waals surface area (Å²) in [5.74, 6) is 0. The maximum atomic E-state index is 11.0. The maximum Gasteiger partial charge on any atom is 0.129 e. The van der Waals surface area contributed by atoms with Crippen LogP contribution in [-0.4, -0.2) is 33.2 Å². The zero-order valence-electron chi connectivity index (χ0n) is 13.0. The van der Waals surface area contributed by atoms with E-state index in [1.165, 1.54) is 5.56 Å². The third-order valence-corrected chi connectivity index (χ3v) is 4.76. The topological polar surface area (TPSA) is 56.6 Å². The first kappa shape index (κ1) is 16.4. The predicted octanol–water partition coefficient (Wildman–Crippen LogP) is 2.71. The van der Waals surface area contributed by atoms with E-state index < -0.39 is 5.60 Å². The minimum atomic E-state index is -0.947. The molecule has 3 rings (SSSR count). The fraction of sp³-hybridized carbons (Fsp3) is 0.389. The first-order valence-electron chi connectivity index (χ1n) is 7.85. The smallest absolute Gasteiger partial charge is 0.129 e. The van der Waals surface area contributed by atoms with Crippen molar-refractivity contribution < 1.29 is 10.2 Å². The van der Waals surface area contributed by atoms with Crippen molar-refractivity contribution in [2.45, 2.75) is 31.6 Å². The minimum Gasteiger partial charge on any atom is -0.392 e. The largest absolute Gasteiger partial charge is 0.392 e. The Morgan fingerprint density at radius 1 is 1.17 bits per heavy atom. The molecule has 0 amide bonds. The van der Waals surface area contributed by atoms with Gasteiger partial charge in [-0.05, 0) is 30.0 Å². The fourth-order valence-corrected chi connectivity index (χ4v) is 3.37. The van der Waals surface area contributed by atoms with Gasteiger partial charge in [0.15, 0.2) is 0 Å². The number of piperidine rings is 1. The SMILES string of the molecule is OCc1cnc(Cl)cc1C1(O)CCN(Cc2ccccc2)CC1. The molecule has 5 heteroatoms. The van der Waals surface area contributed by atoms with Crippen LogP contribution in [0.5, 0.6) is 0 Å². The Hall–Kier alpha value is -1.46. The summed E-state index contributed by atoms with van der Waals surface area (Å²) in [6, 6.07) is 12.0. The number of likely N-dealkylation sites (tertiary alicyclic amines) is 1. The number of nitrogens with zero attached hydrogens (tertiary/aromatic N) is 2. The molecule has 0 saturated carbocycles. The molecule has 0 unspecified atom stereocenters. The molecule has 1 saturated heterocycles. The molecule has 0 bridgehead atoms. The predicted molar refractivity (Wildman–Crippen MR) is 90.0 cm³/mol. The number of aromatic nitrogens is 1. The lowest BCUT2D eigenvalue weighted by molar-refractivity contribution is -0.0291. The molecule has 122 valence electrons. The summed E-state index contributed by atoms with van der Waals surface area (Å²) in [5.41, 5.74) is 1.69. The van der Waals surface area contributed by atoms with Crippen LogP contribution >= 0.6 is 11.6 Å². The van der Waals surface area contributed by atoms with Gasteiger partial charge in [-0.3, -0.25) is 4.90 Å². The van der Waals surface area contributed by atoms with E-state index in [9.17, 15) is 10.2 Å². The van der Waals surface area contributed by atoms with Crippen LogP contribution in [0.2, 0.25) is 5.15 Å². The molecule has 2 heterocycles. The second-order valence-electron chi connectivity index (χ2n) is 6.12. The van der Waals surface area contributed by atoms with E-state index >= 15 is 0 Å². The van der Waals surface area contributed by atoms with E-state index in [4.69, 9.17) is 11.6 Å². The number of rotatable bonds is 4. The van der Waals surface area contributed by atoms with Crippen LogP contribution in [0.25, 0.3) is 0 Å². The lowest BCUT2D eigenvalue weighted by Crippen LogP contribution is -2.42. The zero-order chi connectivity index (χ0) is 16.3. The first-order chi connectivity index (χ1) is 11.1. The van der Waals surface area contributed by atoms with Gasteiger partial charge in [-0.1, -0.05) is 41.9 Å². The third kappa shape index (κ3) is 3.72. The maximum absolute atomic E-state index is 11.0. The van der Waals surface area contributed by atoms with Crippen molar-refractivity contribution in [1.29, 1.82) is 0 Å². The van der Waals surface area contributed by atoms with Crippen molar-refractivity contribution in [1.82, 2.24) is 9.88 Å². The molecule has 2 aromatic rings. The van der Waals surface area contributed by atoms with Gasteiger partial charge in [0.1, 0.15) is 5.15 Å². The highest BCUT2D eigenvalue weighted by molar-refractivity contribution is 6.29. The van der Waals surface area contributed by atoms with Crippen LogP contribution in [0.15, 0.2) is 42.6 Å². The third-order valence-electron chi connectivity index (χ3n) is 4.56. The molecular weight excluding hydrogens is 312 g/mol. The Morgan fingerprint density at radius 3 is 2.52 bits per heavy atom. The molecular formula is C18H21ClN2O2. The summed E-state index contributed by atoms with van der Waals surface area (Å²) in [6.45, 7) is 2.35. The zero-order valence-corrected chi connectivity index (χ0v) is 13.7. The molecule has 0 radical (unpaired) electrons. The number of hydrogen-bond acceptors (Lipinski definition) is 4. The monoisotopic (exact) mass is 332 g/mol. The number of pyridine rings is 1. The van der Waals surface area contributed by atoms with Gasteiger partial charge in [0, 0.05) is 31.4 Å². The highest BCUT2D eigenvalue weighted by Gasteiger charge is 2.35. The number of halogens is 1. The van der Waals surface area contributed by atoms with Crippen LogP contribution in [0.1, 0.15) is 29.5 Å². The molecule has 1 aliphatic rings. The Morgan fingerprint density at radius 2 is 1.87 bits per heavy atom. The van der Waals surface area contributed by atoms with Gasteiger partial charge in [0.2, 0.25) is 0 Å². The van der Waals surface area contributed by atoms with Gasteiger partial charge < -0.3 is 10.2 Å². The lowest BCUT2D eigenvalue weighted by atomic mass is 9.82. The molecule has 23 heavy (non-hydrogen) atoms. The summed E-state index contributed by atoms with van der Waals surface area (Å²) in [6.07, 6.45) is 2.78. The highest BCUT2D eigenvalue weighted by atomic mass is 35.5. The number of benzene rings is 1. The van der Waals surface area contributed by atoms with Crippen LogP contribution in [0.3, 0.4) is 0 Å². The van der Waals surface area contributed by atoms with Crippen molar-refractivity contribution in [3.05, 3.63) is 64.4 Å². The van der Waals surface area contributed by atoms with Gasteiger partial charge in [0.25, 0.3) is 0 Å². The summed E-state index contributed by atoms with van der Waals surface area (Å²) in [7, 11) is 0. The Balaban J connectivity index is 1.71. The number of hydrogen-bond donors (Lipinski definition) is 2. The van der Waals surface area contributed by atoms with E-state index in [1.54, 1.807) is 12.3 Å². The highest BCUT2D eigenvalue weighted by Crippen LogP contribution is 2.36. The molecule has 4 nitrogen and oxygen atoms in total. The van der Waals surface area contributed by atoms with E-state index in [0.717, 1.165) is 19.6 Å². The van der Waals surface area contributed by atoms with E-state index in [1.807, 2.05) is 18.2 Å². The minimum absolute atomic E-state index is 0.143. The van der Waals surface area contributed by atoms with Gasteiger partial charge in [-0.25, -0.2) is 4.98 Å². The van der Waals surface area contributed by atoms with Gasteiger partial charge >= 0.3 is 0 Å². The second kappa shape index (κ2) is 6.97. The summed E-state index contributed by atoms with van der Waals surface area (Å²) < 4.78 is 0.